The lowest BCUT2D eigenvalue weighted by Gasteiger charge is -2.41. The molecule has 1 heterocycles. The van der Waals surface area contributed by atoms with E-state index >= 15 is 0 Å². The van der Waals surface area contributed by atoms with Crippen molar-refractivity contribution >= 4 is 6.03 Å². The highest BCUT2D eigenvalue weighted by atomic mass is 16.2. The van der Waals surface area contributed by atoms with Crippen LogP contribution in [0.3, 0.4) is 0 Å². The van der Waals surface area contributed by atoms with Gasteiger partial charge in [-0.2, -0.15) is 0 Å². The average Bonchev–Trinajstić information content (AvgIpc) is 1.94. The zero-order valence-electron chi connectivity index (χ0n) is 8.27. The number of rotatable bonds is 1. The molecule has 3 heteroatoms. The molecule has 1 aliphatic heterocycles. The second-order valence-corrected chi connectivity index (χ2v) is 4.54. The van der Waals surface area contributed by atoms with Crippen LogP contribution in [0.4, 0.5) is 4.79 Å². The average molecular weight is 170 g/mol. The maximum absolute atomic E-state index is 11.0. The third kappa shape index (κ3) is 1.71. The van der Waals surface area contributed by atoms with Gasteiger partial charge in [0, 0.05) is 18.0 Å². The van der Waals surface area contributed by atoms with Gasteiger partial charge in [0.15, 0.2) is 0 Å². The Labute approximate surface area is 73.9 Å². The molecule has 0 aromatic carbocycles. The van der Waals surface area contributed by atoms with E-state index in [1.165, 1.54) is 0 Å². The molecule has 0 saturated carbocycles. The number of hydrogen-bond donors (Lipinski definition) is 2. The van der Waals surface area contributed by atoms with Gasteiger partial charge in [-0.05, 0) is 5.92 Å². The van der Waals surface area contributed by atoms with Gasteiger partial charge < -0.3 is 10.6 Å². The van der Waals surface area contributed by atoms with Gasteiger partial charge in [0.2, 0.25) is 0 Å². The molecule has 0 aliphatic carbocycles. The topological polar surface area (TPSA) is 41.1 Å². The summed E-state index contributed by atoms with van der Waals surface area (Å²) >= 11 is 0. The molecule has 1 atom stereocenters. The van der Waals surface area contributed by atoms with Crippen LogP contribution in [0.2, 0.25) is 0 Å². The molecule has 0 aromatic heterocycles. The van der Waals surface area contributed by atoms with Crippen molar-refractivity contribution in [1.29, 1.82) is 0 Å². The van der Waals surface area contributed by atoms with Crippen molar-refractivity contribution in [3.63, 3.8) is 0 Å². The standard InChI is InChI=1S/C9H18N2O/c1-6(2)7-9(3,4)5-10-8(12)11-7/h6-7H,5H2,1-4H3,(H2,10,11,12). The third-order valence-corrected chi connectivity index (χ3v) is 2.50. The second kappa shape index (κ2) is 2.96. The predicted octanol–water partition coefficient (Wildman–Crippen LogP) is 1.35. The molecule has 70 valence electrons. The molecule has 0 spiro atoms. The van der Waals surface area contributed by atoms with E-state index < -0.39 is 0 Å². The van der Waals surface area contributed by atoms with Crippen LogP contribution in [0.5, 0.6) is 0 Å². The molecular weight excluding hydrogens is 152 g/mol. The Morgan fingerprint density at radius 1 is 1.50 bits per heavy atom. The monoisotopic (exact) mass is 170 g/mol. The first-order valence-electron chi connectivity index (χ1n) is 4.48. The van der Waals surface area contributed by atoms with Crippen LogP contribution in [-0.2, 0) is 0 Å². The molecule has 0 radical (unpaired) electrons. The van der Waals surface area contributed by atoms with Crippen molar-refractivity contribution < 1.29 is 4.79 Å². The maximum atomic E-state index is 11.0. The summed E-state index contributed by atoms with van der Waals surface area (Å²) in [6, 6.07) is 0.249. The Balaban J connectivity index is 2.72. The van der Waals surface area contributed by atoms with Gasteiger partial charge in [-0.1, -0.05) is 27.7 Å². The van der Waals surface area contributed by atoms with Gasteiger partial charge in [-0.15, -0.1) is 0 Å². The van der Waals surface area contributed by atoms with E-state index in [0.29, 0.717) is 5.92 Å². The lowest BCUT2D eigenvalue weighted by atomic mass is 9.77. The first-order valence-corrected chi connectivity index (χ1v) is 4.48. The largest absolute Gasteiger partial charge is 0.338 e. The minimum absolute atomic E-state index is 0.0342. The molecule has 3 nitrogen and oxygen atoms in total. The highest BCUT2D eigenvalue weighted by Gasteiger charge is 2.36. The van der Waals surface area contributed by atoms with Crippen LogP contribution in [0.25, 0.3) is 0 Å². The quantitative estimate of drug-likeness (QED) is 0.612. The zero-order chi connectivity index (χ0) is 9.35. The van der Waals surface area contributed by atoms with Crippen LogP contribution >= 0.6 is 0 Å². The van der Waals surface area contributed by atoms with Crippen LogP contribution in [0.15, 0.2) is 0 Å². The molecule has 1 unspecified atom stereocenters. The predicted molar refractivity (Wildman–Crippen MR) is 48.9 cm³/mol. The van der Waals surface area contributed by atoms with Crippen LogP contribution in [-0.4, -0.2) is 18.6 Å². The minimum atomic E-state index is -0.0342. The van der Waals surface area contributed by atoms with Crippen molar-refractivity contribution in [3.8, 4) is 0 Å². The third-order valence-electron chi connectivity index (χ3n) is 2.50. The lowest BCUT2D eigenvalue weighted by Crippen LogP contribution is -2.60. The molecule has 0 bridgehead atoms. The fraction of sp³-hybridized carbons (Fsp3) is 0.889. The molecule has 1 saturated heterocycles. The SMILES string of the molecule is CC(C)C1NC(=O)NCC1(C)C. The zero-order valence-corrected chi connectivity index (χ0v) is 8.27. The summed E-state index contributed by atoms with van der Waals surface area (Å²) in [7, 11) is 0. The van der Waals surface area contributed by atoms with E-state index in [0.717, 1.165) is 6.54 Å². The maximum Gasteiger partial charge on any atom is 0.315 e. The fourth-order valence-electron chi connectivity index (χ4n) is 1.87. The summed E-state index contributed by atoms with van der Waals surface area (Å²) < 4.78 is 0. The Kier molecular flexibility index (Phi) is 2.31. The normalized spacial score (nSPS) is 28.1. The number of carbonyl (C=O) groups is 1. The molecule has 2 amide bonds. The van der Waals surface area contributed by atoms with Crippen molar-refractivity contribution in [2.24, 2.45) is 11.3 Å². The highest BCUT2D eigenvalue weighted by molar-refractivity contribution is 5.75. The summed E-state index contributed by atoms with van der Waals surface area (Å²) in [6.07, 6.45) is 0. The number of hydrogen-bond acceptors (Lipinski definition) is 1. The Morgan fingerprint density at radius 3 is 2.50 bits per heavy atom. The van der Waals surface area contributed by atoms with Crippen molar-refractivity contribution in [1.82, 2.24) is 10.6 Å². The first-order chi connectivity index (χ1) is 5.43. The number of urea groups is 1. The van der Waals surface area contributed by atoms with Crippen LogP contribution < -0.4 is 10.6 Å². The molecule has 1 aliphatic rings. The molecule has 1 fully saturated rings. The first kappa shape index (κ1) is 9.36. The molecule has 12 heavy (non-hydrogen) atoms. The Morgan fingerprint density at radius 2 is 2.08 bits per heavy atom. The van der Waals surface area contributed by atoms with Crippen molar-refractivity contribution in [3.05, 3.63) is 0 Å². The molecular formula is C9H18N2O. The van der Waals surface area contributed by atoms with Gasteiger partial charge >= 0.3 is 6.03 Å². The summed E-state index contributed by atoms with van der Waals surface area (Å²) in [5, 5.41) is 5.76. The smallest absolute Gasteiger partial charge is 0.315 e. The molecule has 2 N–H and O–H groups in total. The van der Waals surface area contributed by atoms with Crippen molar-refractivity contribution in [2.45, 2.75) is 33.7 Å². The highest BCUT2D eigenvalue weighted by Crippen LogP contribution is 2.27. The lowest BCUT2D eigenvalue weighted by molar-refractivity contribution is 0.152. The molecule has 1 rings (SSSR count). The van der Waals surface area contributed by atoms with E-state index in [4.69, 9.17) is 0 Å². The van der Waals surface area contributed by atoms with Crippen LogP contribution in [0.1, 0.15) is 27.7 Å². The summed E-state index contributed by atoms with van der Waals surface area (Å²) in [4.78, 5) is 11.0. The number of amides is 2. The van der Waals surface area contributed by atoms with Gasteiger partial charge in [-0.25, -0.2) is 4.79 Å². The summed E-state index contributed by atoms with van der Waals surface area (Å²) in [5.41, 5.74) is 0.155. The summed E-state index contributed by atoms with van der Waals surface area (Å²) in [6.45, 7) is 9.38. The Hall–Kier alpha value is -0.730. The number of carbonyl (C=O) groups excluding carboxylic acids is 1. The fourth-order valence-corrected chi connectivity index (χ4v) is 1.87. The number of nitrogens with one attached hydrogen (secondary N) is 2. The van der Waals surface area contributed by atoms with E-state index in [9.17, 15) is 4.79 Å². The second-order valence-electron chi connectivity index (χ2n) is 4.54. The van der Waals surface area contributed by atoms with E-state index in [1.807, 2.05) is 0 Å². The van der Waals surface area contributed by atoms with Gasteiger partial charge in [0.1, 0.15) is 0 Å². The van der Waals surface area contributed by atoms with Crippen LogP contribution in [0, 0.1) is 11.3 Å². The van der Waals surface area contributed by atoms with Gasteiger partial charge in [0.05, 0.1) is 0 Å². The van der Waals surface area contributed by atoms with E-state index in [-0.39, 0.29) is 17.5 Å². The Bertz CT molecular complexity index is 187. The van der Waals surface area contributed by atoms with E-state index in [1.54, 1.807) is 0 Å². The van der Waals surface area contributed by atoms with Gasteiger partial charge in [0.25, 0.3) is 0 Å². The molecule has 0 aromatic rings. The van der Waals surface area contributed by atoms with E-state index in [2.05, 4.69) is 38.3 Å². The van der Waals surface area contributed by atoms with Gasteiger partial charge in [-0.3, -0.25) is 0 Å². The summed E-state index contributed by atoms with van der Waals surface area (Å²) in [5.74, 6) is 0.492. The minimum Gasteiger partial charge on any atom is -0.338 e. The van der Waals surface area contributed by atoms with Crippen molar-refractivity contribution in [2.75, 3.05) is 6.54 Å².